The van der Waals surface area contributed by atoms with Crippen LogP contribution >= 0.6 is 24.8 Å². The average Bonchev–Trinajstić information content (AvgIpc) is 2.76. The van der Waals surface area contributed by atoms with Crippen molar-refractivity contribution in [3.63, 3.8) is 0 Å². The van der Waals surface area contributed by atoms with Crippen molar-refractivity contribution in [2.45, 2.75) is 6.42 Å². The van der Waals surface area contributed by atoms with E-state index in [1.807, 2.05) is 60.7 Å². The molecular formula is C22H23Cl2N7O. The second kappa shape index (κ2) is 12.3. The molecule has 0 fully saturated rings. The molecule has 0 radical (unpaired) electrons. The fourth-order valence-corrected chi connectivity index (χ4v) is 2.80. The summed E-state index contributed by atoms with van der Waals surface area (Å²) < 4.78 is 0.770. The maximum absolute atomic E-state index is 11.2. The quantitative estimate of drug-likeness (QED) is 0.257. The third kappa shape index (κ3) is 7.26. The molecule has 2 aromatic heterocycles. The lowest BCUT2D eigenvalue weighted by Crippen LogP contribution is -2.24. The Morgan fingerprint density at radius 3 is 1.62 bits per heavy atom. The zero-order valence-corrected chi connectivity index (χ0v) is 18.6. The summed E-state index contributed by atoms with van der Waals surface area (Å²) in [6.45, 7) is 0.614. The van der Waals surface area contributed by atoms with Crippen LogP contribution in [0.25, 0.3) is 0 Å². The summed E-state index contributed by atoms with van der Waals surface area (Å²) in [7, 11) is 0. The Morgan fingerprint density at radius 1 is 0.656 bits per heavy atom. The third-order valence-corrected chi connectivity index (χ3v) is 4.26. The molecule has 32 heavy (non-hydrogen) atoms. The van der Waals surface area contributed by atoms with Crippen LogP contribution in [-0.2, 0) is 6.42 Å². The molecule has 2 aromatic carbocycles. The van der Waals surface area contributed by atoms with Gasteiger partial charge < -0.3 is 21.2 Å². The Morgan fingerprint density at radius 2 is 1.12 bits per heavy atom. The summed E-state index contributed by atoms with van der Waals surface area (Å²) in [6.07, 6.45) is 3.71. The monoisotopic (exact) mass is 471 g/mol. The first-order valence-electron chi connectivity index (χ1n) is 9.56. The van der Waals surface area contributed by atoms with Crippen molar-refractivity contribution in [3.8, 4) is 0 Å². The Kier molecular flexibility index (Phi) is 9.46. The molecule has 0 spiro atoms. The number of hydrogen-bond acceptors (Lipinski definition) is 7. The highest BCUT2D eigenvalue weighted by molar-refractivity contribution is 5.85. The van der Waals surface area contributed by atoms with Crippen LogP contribution in [0, 0.1) is 5.21 Å². The predicted octanol–water partition coefficient (Wildman–Crippen LogP) is 4.49. The SMILES string of the molecule is Cl.Cl.[O-][n+]1ccc(CCNc2nc(Nc3ccccc3)nc(Nc3ccccc3)n2)cc1. The van der Waals surface area contributed by atoms with Crippen molar-refractivity contribution in [2.24, 2.45) is 0 Å². The number of nitrogens with one attached hydrogen (secondary N) is 3. The van der Waals surface area contributed by atoms with E-state index in [0.717, 1.165) is 28.1 Å². The summed E-state index contributed by atoms with van der Waals surface area (Å²) in [5.41, 5.74) is 2.82. The van der Waals surface area contributed by atoms with Gasteiger partial charge in [-0.25, -0.2) is 0 Å². The molecule has 0 aliphatic heterocycles. The van der Waals surface area contributed by atoms with Crippen LogP contribution < -0.4 is 20.7 Å². The number of rotatable bonds is 8. The van der Waals surface area contributed by atoms with E-state index in [4.69, 9.17) is 0 Å². The molecule has 0 atom stereocenters. The summed E-state index contributed by atoms with van der Waals surface area (Å²) >= 11 is 0. The first-order chi connectivity index (χ1) is 14.7. The number of benzene rings is 2. The molecule has 0 aliphatic carbocycles. The van der Waals surface area contributed by atoms with Crippen LogP contribution in [0.4, 0.5) is 29.2 Å². The van der Waals surface area contributed by atoms with Crippen LogP contribution in [-0.4, -0.2) is 21.5 Å². The number of anilines is 5. The lowest BCUT2D eigenvalue weighted by Gasteiger charge is -2.11. The van der Waals surface area contributed by atoms with Crippen LogP contribution in [0.15, 0.2) is 85.2 Å². The smallest absolute Gasteiger partial charge is 0.233 e. The summed E-state index contributed by atoms with van der Waals surface area (Å²) in [5.74, 6) is 1.32. The Bertz CT molecular complexity index is 1020. The minimum Gasteiger partial charge on any atom is -0.619 e. The molecule has 8 nitrogen and oxygen atoms in total. The van der Waals surface area contributed by atoms with Gasteiger partial charge in [0.15, 0.2) is 12.4 Å². The van der Waals surface area contributed by atoms with E-state index in [1.165, 1.54) is 12.4 Å². The number of halogens is 2. The van der Waals surface area contributed by atoms with Gasteiger partial charge in [0.1, 0.15) is 0 Å². The molecule has 4 aromatic rings. The number of aromatic nitrogens is 4. The van der Waals surface area contributed by atoms with Gasteiger partial charge in [-0.15, -0.1) is 24.8 Å². The van der Waals surface area contributed by atoms with Gasteiger partial charge in [-0.1, -0.05) is 36.4 Å². The molecule has 2 heterocycles. The first kappa shape index (κ1) is 24.6. The molecule has 3 N–H and O–H groups in total. The largest absolute Gasteiger partial charge is 0.619 e. The number of pyridine rings is 1. The van der Waals surface area contributed by atoms with Crippen molar-refractivity contribution in [1.82, 2.24) is 15.0 Å². The predicted molar refractivity (Wildman–Crippen MR) is 131 cm³/mol. The van der Waals surface area contributed by atoms with E-state index in [9.17, 15) is 5.21 Å². The maximum atomic E-state index is 11.2. The Hall–Kier alpha value is -3.62. The first-order valence-corrected chi connectivity index (χ1v) is 9.56. The van der Waals surface area contributed by atoms with Crippen molar-refractivity contribution in [3.05, 3.63) is 96.0 Å². The summed E-state index contributed by atoms with van der Waals surface area (Å²) in [4.78, 5) is 13.4. The van der Waals surface area contributed by atoms with E-state index in [1.54, 1.807) is 12.1 Å². The lowest BCUT2D eigenvalue weighted by atomic mass is 10.2. The molecule has 0 unspecified atom stereocenters. The highest BCUT2D eigenvalue weighted by atomic mass is 35.5. The van der Waals surface area contributed by atoms with Gasteiger partial charge in [-0.05, 0) is 36.2 Å². The standard InChI is InChI=1S/C22H21N7O.2ClH/c30-29-15-12-17(13-16-29)11-14-23-20-26-21(24-18-7-3-1-4-8-18)28-22(27-20)25-19-9-5-2-6-10-19;;/h1-10,12-13,15-16H,11,14H2,(H3,23,24,25,26,27,28);2*1H. The van der Waals surface area contributed by atoms with Crippen molar-refractivity contribution in [1.29, 1.82) is 0 Å². The Balaban J connectivity index is 0.00000181. The van der Waals surface area contributed by atoms with Crippen LogP contribution in [0.2, 0.25) is 0 Å². The fraction of sp³-hybridized carbons (Fsp3) is 0.0909. The van der Waals surface area contributed by atoms with Gasteiger partial charge in [0, 0.05) is 30.1 Å². The van der Waals surface area contributed by atoms with E-state index in [2.05, 4.69) is 30.9 Å². The van der Waals surface area contributed by atoms with Gasteiger partial charge >= 0.3 is 0 Å². The third-order valence-electron chi connectivity index (χ3n) is 4.26. The zero-order valence-electron chi connectivity index (χ0n) is 17.0. The van der Waals surface area contributed by atoms with E-state index in [0.29, 0.717) is 24.4 Å². The normalized spacial score (nSPS) is 9.75. The van der Waals surface area contributed by atoms with Crippen LogP contribution in [0.5, 0.6) is 0 Å². The van der Waals surface area contributed by atoms with Crippen molar-refractivity contribution in [2.75, 3.05) is 22.5 Å². The molecule has 0 saturated carbocycles. The molecule has 0 aliphatic rings. The van der Waals surface area contributed by atoms with E-state index in [-0.39, 0.29) is 24.8 Å². The average molecular weight is 472 g/mol. The Labute approximate surface area is 198 Å². The summed E-state index contributed by atoms with van der Waals surface area (Å²) in [6, 6.07) is 23.0. The maximum Gasteiger partial charge on any atom is 0.233 e. The molecule has 0 saturated heterocycles. The molecule has 4 rings (SSSR count). The molecule has 0 bridgehead atoms. The topological polar surface area (TPSA) is 102 Å². The molecule has 10 heteroatoms. The van der Waals surface area contributed by atoms with Gasteiger partial charge in [-0.3, -0.25) is 0 Å². The van der Waals surface area contributed by atoms with E-state index < -0.39 is 0 Å². The van der Waals surface area contributed by atoms with Crippen molar-refractivity contribution < 1.29 is 4.73 Å². The highest BCUT2D eigenvalue weighted by Crippen LogP contribution is 2.18. The zero-order chi connectivity index (χ0) is 20.6. The minimum atomic E-state index is 0. The van der Waals surface area contributed by atoms with Crippen LogP contribution in [0.1, 0.15) is 5.56 Å². The number of para-hydroxylation sites is 2. The van der Waals surface area contributed by atoms with Crippen molar-refractivity contribution >= 4 is 54.0 Å². The molecular weight excluding hydrogens is 449 g/mol. The van der Waals surface area contributed by atoms with Gasteiger partial charge in [0.2, 0.25) is 17.8 Å². The second-order valence-corrected chi connectivity index (χ2v) is 6.53. The number of hydrogen-bond donors (Lipinski definition) is 3. The molecule has 166 valence electrons. The second-order valence-electron chi connectivity index (χ2n) is 6.53. The van der Waals surface area contributed by atoms with Gasteiger partial charge in [0.25, 0.3) is 0 Å². The molecule has 0 amide bonds. The lowest BCUT2D eigenvalue weighted by molar-refractivity contribution is -0.605. The van der Waals surface area contributed by atoms with Gasteiger partial charge in [-0.2, -0.15) is 19.7 Å². The van der Waals surface area contributed by atoms with E-state index >= 15 is 0 Å². The fourth-order valence-electron chi connectivity index (χ4n) is 2.80. The minimum absolute atomic E-state index is 0. The highest BCUT2D eigenvalue weighted by Gasteiger charge is 2.08. The van der Waals surface area contributed by atoms with Gasteiger partial charge in [0.05, 0.1) is 0 Å². The summed E-state index contributed by atoms with van der Waals surface area (Å²) in [5, 5.41) is 20.8. The number of nitrogens with zero attached hydrogens (tertiary/aromatic N) is 4. The van der Waals surface area contributed by atoms with Crippen LogP contribution in [0.3, 0.4) is 0 Å².